The Morgan fingerprint density at radius 1 is 0.875 bits per heavy atom. The van der Waals surface area contributed by atoms with Crippen molar-refractivity contribution in [3.05, 3.63) is 60.7 Å². The molecule has 24 heavy (non-hydrogen) atoms. The topological polar surface area (TPSA) is 32.8 Å². The van der Waals surface area contributed by atoms with Crippen molar-refractivity contribution in [3.63, 3.8) is 0 Å². The number of carbonyl (C=O) groups is 1. The fraction of sp³-hybridized carbons (Fsp3) is 0.316. The third-order valence-electron chi connectivity index (χ3n) is 3.74. The van der Waals surface area contributed by atoms with Gasteiger partial charge in [0.05, 0.1) is 11.4 Å². The molecule has 1 amide bonds. The molecule has 0 saturated heterocycles. The van der Waals surface area contributed by atoms with Gasteiger partial charge in [-0.05, 0) is 37.4 Å². The van der Waals surface area contributed by atoms with Crippen LogP contribution in [0.1, 0.15) is 13.8 Å². The molecule has 0 fully saturated rings. The van der Waals surface area contributed by atoms with Crippen LogP contribution in [0.4, 0.5) is 16.2 Å². The zero-order chi connectivity index (χ0) is 16.5. The summed E-state index contributed by atoms with van der Waals surface area (Å²) in [5.74, 6) is 0. The van der Waals surface area contributed by atoms with Crippen LogP contribution in [0.25, 0.3) is 0 Å². The van der Waals surface area contributed by atoms with E-state index < -0.39 is 0 Å². The molecule has 0 N–H and O–H groups in total. The van der Waals surface area contributed by atoms with Crippen molar-refractivity contribution in [1.29, 1.82) is 0 Å². The van der Waals surface area contributed by atoms with Crippen molar-refractivity contribution in [2.24, 2.45) is 0 Å². The Balaban J connectivity index is 0.00000288. The number of ether oxygens (including phenoxy) is 1. The first-order chi connectivity index (χ1) is 11.3. The summed E-state index contributed by atoms with van der Waals surface area (Å²) < 4.78 is 5.49. The number of likely N-dealkylation sites (N-methyl/N-ethyl adjacent to an activating group) is 1. The summed E-state index contributed by atoms with van der Waals surface area (Å²) in [6.45, 7) is 7.24. The normalized spacial score (nSPS) is 10.1. The maximum absolute atomic E-state index is 12.6. The number of nitrogens with zero attached hydrogens (tertiary/aromatic N) is 2. The Morgan fingerprint density at radius 3 is 1.75 bits per heavy atom. The number of carbonyl (C=O) groups excluding carboxylic acids is 1. The lowest BCUT2D eigenvalue weighted by Crippen LogP contribution is -2.32. The molecule has 5 heteroatoms. The van der Waals surface area contributed by atoms with Crippen LogP contribution < -0.4 is 4.90 Å². The van der Waals surface area contributed by atoms with Crippen LogP contribution in [-0.4, -0.2) is 37.2 Å². The quantitative estimate of drug-likeness (QED) is 0.725. The van der Waals surface area contributed by atoms with E-state index in [4.69, 9.17) is 4.74 Å². The highest BCUT2D eigenvalue weighted by Gasteiger charge is 2.19. The van der Waals surface area contributed by atoms with Crippen LogP contribution in [0.15, 0.2) is 60.7 Å². The molecule has 0 bridgehead atoms. The molecule has 130 valence electrons. The number of rotatable bonds is 7. The van der Waals surface area contributed by atoms with Gasteiger partial charge >= 0.3 is 6.09 Å². The van der Waals surface area contributed by atoms with E-state index >= 15 is 0 Å². The number of benzene rings is 2. The molecular weight excluding hydrogens is 324 g/mol. The SMILES string of the molecule is CCN(CC)CCOC(=O)N(c1ccccc1)c1ccccc1.Cl. The lowest BCUT2D eigenvalue weighted by molar-refractivity contribution is 0.138. The van der Waals surface area contributed by atoms with Gasteiger partial charge in [0.2, 0.25) is 0 Å². The molecule has 2 rings (SSSR count). The van der Waals surface area contributed by atoms with Crippen LogP contribution in [0.3, 0.4) is 0 Å². The van der Waals surface area contributed by atoms with E-state index in [9.17, 15) is 4.79 Å². The predicted octanol–water partition coefficient (Wildman–Crippen LogP) is 4.72. The van der Waals surface area contributed by atoms with Gasteiger partial charge in [-0.2, -0.15) is 0 Å². The number of amides is 1. The molecule has 4 nitrogen and oxygen atoms in total. The van der Waals surface area contributed by atoms with Gasteiger partial charge in [0, 0.05) is 6.54 Å². The molecular formula is C19H25ClN2O2. The van der Waals surface area contributed by atoms with Crippen molar-refractivity contribution in [2.75, 3.05) is 31.1 Å². The predicted molar refractivity (Wildman–Crippen MR) is 101 cm³/mol. The first-order valence-corrected chi connectivity index (χ1v) is 8.05. The van der Waals surface area contributed by atoms with Gasteiger partial charge in [-0.1, -0.05) is 50.2 Å². The van der Waals surface area contributed by atoms with E-state index in [-0.39, 0.29) is 18.5 Å². The average Bonchev–Trinajstić information content (AvgIpc) is 2.61. The van der Waals surface area contributed by atoms with Gasteiger partial charge in [-0.25, -0.2) is 9.69 Å². The molecule has 2 aromatic carbocycles. The minimum absolute atomic E-state index is 0. The first kappa shape index (κ1) is 20.0. The highest BCUT2D eigenvalue weighted by molar-refractivity contribution is 5.95. The number of para-hydroxylation sites is 2. The summed E-state index contributed by atoms with van der Waals surface area (Å²) >= 11 is 0. The second-order valence-corrected chi connectivity index (χ2v) is 5.15. The molecule has 0 aliphatic heterocycles. The van der Waals surface area contributed by atoms with E-state index in [0.29, 0.717) is 6.61 Å². The maximum Gasteiger partial charge on any atom is 0.418 e. The first-order valence-electron chi connectivity index (χ1n) is 8.05. The Bertz CT molecular complexity index is 549. The summed E-state index contributed by atoms with van der Waals surface area (Å²) in [5, 5.41) is 0. The van der Waals surface area contributed by atoms with Gasteiger partial charge < -0.3 is 9.64 Å². The molecule has 0 aromatic heterocycles. The molecule has 0 atom stereocenters. The minimum Gasteiger partial charge on any atom is -0.448 e. The van der Waals surface area contributed by atoms with E-state index in [1.54, 1.807) is 4.90 Å². The van der Waals surface area contributed by atoms with Crippen molar-refractivity contribution < 1.29 is 9.53 Å². The Hall–Kier alpha value is -2.04. The number of hydrogen-bond donors (Lipinski definition) is 0. The second-order valence-electron chi connectivity index (χ2n) is 5.15. The number of halogens is 1. The van der Waals surface area contributed by atoms with E-state index in [1.165, 1.54) is 0 Å². The van der Waals surface area contributed by atoms with Gasteiger partial charge in [-0.3, -0.25) is 0 Å². The maximum atomic E-state index is 12.6. The van der Waals surface area contributed by atoms with Gasteiger partial charge in [0.25, 0.3) is 0 Å². The lowest BCUT2D eigenvalue weighted by atomic mass is 10.2. The average molecular weight is 349 g/mol. The summed E-state index contributed by atoms with van der Waals surface area (Å²) in [4.78, 5) is 16.4. The van der Waals surface area contributed by atoms with E-state index in [1.807, 2.05) is 60.7 Å². The standard InChI is InChI=1S/C19H24N2O2.ClH/c1-3-20(4-2)15-16-23-19(22)21(17-11-7-5-8-12-17)18-13-9-6-10-14-18;/h5-14H,3-4,15-16H2,1-2H3;1H. The molecule has 0 saturated carbocycles. The van der Waals surface area contributed by atoms with Crippen molar-refractivity contribution in [2.45, 2.75) is 13.8 Å². The van der Waals surface area contributed by atoms with Crippen molar-refractivity contribution in [3.8, 4) is 0 Å². The van der Waals surface area contributed by atoms with Crippen molar-refractivity contribution in [1.82, 2.24) is 4.90 Å². The highest BCUT2D eigenvalue weighted by atomic mass is 35.5. The number of hydrogen-bond acceptors (Lipinski definition) is 3. The minimum atomic E-state index is -0.352. The Morgan fingerprint density at radius 2 is 1.33 bits per heavy atom. The fourth-order valence-electron chi connectivity index (χ4n) is 2.38. The third-order valence-corrected chi connectivity index (χ3v) is 3.74. The van der Waals surface area contributed by atoms with Crippen LogP contribution in [0.5, 0.6) is 0 Å². The molecule has 0 aliphatic rings. The number of anilines is 2. The van der Waals surface area contributed by atoms with Crippen molar-refractivity contribution >= 4 is 29.9 Å². The van der Waals surface area contributed by atoms with Crippen LogP contribution >= 0.6 is 12.4 Å². The van der Waals surface area contributed by atoms with Gasteiger partial charge in [0.1, 0.15) is 6.61 Å². The second kappa shape index (κ2) is 10.7. The van der Waals surface area contributed by atoms with E-state index in [0.717, 1.165) is 31.0 Å². The summed E-state index contributed by atoms with van der Waals surface area (Å²) in [6, 6.07) is 19.1. The zero-order valence-electron chi connectivity index (χ0n) is 14.2. The van der Waals surface area contributed by atoms with E-state index in [2.05, 4.69) is 18.7 Å². The van der Waals surface area contributed by atoms with Gasteiger partial charge in [0.15, 0.2) is 0 Å². The molecule has 0 unspecified atom stereocenters. The highest BCUT2D eigenvalue weighted by Crippen LogP contribution is 2.25. The largest absolute Gasteiger partial charge is 0.448 e. The zero-order valence-corrected chi connectivity index (χ0v) is 15.0. The Kier molecular flexibility index (Phi) is 8.90. The lowest BCUT2D eigenvalue weighted by Gasteiger charge is -2.23. The Labute approximate surface area is 150 Å². The summed E-state index contributed by atoms with van der Waals surface area (Å²) in [5.41, 5.74) is 1.60. The smallest absolute Gasteiger partial charge is 0.418 e. The molecule has 2 aromatic rings. The molecule has 0 aliphatic carbocycles. The van der Waals surface area contributed by atoms with Crippen LogP contribution in [-0.2, 0) is 4.74 Å². The monoisotopic (exact) mass is 348 g/mol. The summed E-state index contributed by atoms with van der Waals surface area (Å²) in [6.07, 6.45) is -0.352. The van der Waals surface area contributed by atoms with Crippen LogP contribution in [0.2, 0.25) is 0 Å². The summed E-state index contributed by atoms with van der Waals surface area (Å²) in [7, 11) is 0. The third kappa shape index (κ3) is 5.55. The molecule has 0 spiro atoms. The fourth-order valence-corrected chi connectivity index (χ4v) is 2.38. The van der Waals surface area contributed by atoms with Gasteiger partial charge in [-0.15, -0.1) is 12.4 Å². The molecule has 0 heterocycles. The van der Waals surface area contributed by atoms with Crippen LogP contribution in [0, 0.1) is 0 Å². The molecule has 0 radical (unpaired) electrons.